The summed E-state index contributed by atoms with van der Waals surface area (Å²) in [5.74, 6) is 0.658. The standard InChI is InChI=1S/C12H18BrNO2/c1-12(2,14-3)7-8-5-10(15)11(16-4)6-9(8)13/h5-6,14-15H,7H2,1-4H3. The number of nitrogens with one attached hydrogen (secondary N) is 1. The van der Waals surface area contributed by atoms with Crippen molar-refractivity contribution < 1.29 is 9.84 Å². The molecule has 0 aliphatic carbocycles. The molecule has 1 rings (SSSR count). The van der Waals surface area contributed by atoms with Crippen LogP contribution in [0.25, 0.3) is 0 Å². The van der Waals surface area contributed by atoms with Crippen LogP contribution in [0.2, 0.25) is 0 Å². The summed E-state index contributed by atoms with van der Waals surface area (Å²) in [5, 5.41) is 13.0. The summed E-state index contributed by atoms with van der Waals surface area (Å²) < 4.78 is 5.99. The molecule has 2 N–H and O–H groups in total. The number of benzene rings is 1. The number of hydrogen-bond acceptors (Lipinski definition) is 3. The van der Waals surface area contributed by atoms with Crippen LogP contribution >= 0.6 is 15.9 Å². The largest absolute Gasteiger partial charge is 0.504 e. The molecule has 16 heavy (non-hydrogen) atoms. The average molecular weight is 288 g/mol. The van der Waals surface area contributed by atoms with Gasteiger partial charge in [0.15, 0.2) is 11.5 Å². The fraction of sp³-hybridized carbons (Fsp3) is 0.500. The molecule has 90 valence electrons. The minimum atomic E-state index is -0.0104. The highest BCUT2D eigenvalue weighted by molar-refractivity contribution is 9.10. The predicted molar refractivity (Wildman–Crippen MR) is 69.2 cm³/mol. The van der Waals surface area contributed by atoms with Crippen LogP contribution in [0, 0.1) is 0 Å². The predicted octanol–water partition coefficient (Wildman–Crippen LogP) is 2.70. The monoisotopic (exact) mass is 287 g/mol. The Balaban J connectivity index is 3.02. The molecule has 0 amide bonds. The first-order valence-corrected chi connectivity index (χ1v) is 5.93. The lowest BCUT2D eigenvalue weighted by atomic mass is 9.95. The van der Waals surface area contributed by atoms with Crippen molar-refractivity contribution in [1.29, 1.82) is 0 Å². The van der Waals surface area contributed by atoms with Gasteiger partial charge in [-0.1, -0.05) is 15.9 Å². The van der Waals surface area contributed by atoms with Crippen molar-refractivity contribution in [2.75, 3.05) is 14.2 Å². The zero-order chi connectivity index (χ0) is 12.3. The first kappa shape index (κ1) is 13.3. The minimum absolute atomic E-state index is 0.0104. The number of phenolic OH excluding ortho intramolecular Hbond substituents is 1. The Kier molecular flexibility index (Phi) is 4.21. The van der Waals surface area contributed by atoms with Crippen LogP contribution in [0.3, 0.4) is 0 Å². The Morgan fingerprint density at radius 2 is 2.06 bits per heavy atom. The number of hydrogen-bond donors (Lipinski definition) is 2. The van der Waals surface area contributed by atoms with Crippen molar-refractivity contribution in [2.45, 2.75) is 25.8 Å². The average Bonchev–Trinajstić information content (AvgIpc) is 2.22. The van der Waals surface area contributed by atoms with Gasteiger partial charge in [0.25, 0.3) is 0 Å². The Morgan fingerprint density at radius 1 is 1.44 bits per heavy atom. The van der Waals surface area contributed by atoms with Gasteiger partial charge in [-0.25, -0.2) is 0 Å². The van der Waals surface area contributed by atoms with Crippen LogP contribution in [0.4, 0.5) is 0 Å². The SMILES string of the molecule is CNC(C)(C)Cc1cc(O)c(OC)cc1Br. The smallest absolute Gasteiger partial charge is 0.161 e. The number of phenols is 1. The number of methoxy groups -OCH3 is 1. The molecule has 1 aromatic carbocycles. The molecule has 0 saturated carbocycles. The van der Waals surface area contributed by atoms with Gasteiger partial charge in [-0.05, 0) is 45.0 Å². The molecule has 0 radical (unpaired) electrons. The van der Waals surface area contributed by atoms with E-state index in [0.29, 0.717) is 5.75 Å². The summed E-state index contributed by atoms with van der Waals surface area (Å²) in [6.45, 7) is 4.22. The molecular weight excluding hydrogens is 270 g/mol. The van der Waals surface area contributed by atoms with E-state index in [9.17, 15) is 5.11 Å². The quantitative estimate of drug-likeness (QED) is 0.895. The van der Waals surface area contributed by atoms with E-state index < -0.39 is 0 Å². The lowest BCUT2D eigenvalue weighted by Crippen LogP contribution is -2.38. The van der Waals surface area contributed by atoms with E-state index in [2.05, 4.69) is 35.1 Å². The zero-order valence-electron chi connectivity index (χ0n) is 10.1. The van der Waals surface area contributed by atoms with E-state index in [-0.39, 0.29) is 11.3 Å². The van der Waals surface area contributed by atoms with E-state index in [1.54, 1.807) is 19.2 Å². The first-order valence-electron chi connectivity index (χ1n) is 5.14. The van der Waals surface area contributed by atoms with E-state index >= 15 is 0 Å². The molecule has 0 bridgehead atoms. The summed E-state index contributed by atoms with van der Waals surface area (Å²) in [4.78, 5) is 0. The van der Waals surface area contributed by atoms with Crippen LogP contribution in [0.5, 0.6) is 11.5 Å². The van der Waals surface area contributed by atoms with Crippen molar-refractivity contribution in [1.82, 2.24) is 5.32 Å². The van der Waals surface area contributed by atoms with Crippen molar-refractivity contribution in [3.63, 3.8) is 0 Å². The van der Waals surface area contributed by atoms with Gasteiger partial charge in [0, 0.05) is 10.0 Å². The van der Waals surface area contributed by atoms with Crippen LogP contribution in [0.15, 0.2) is 16.6 Å². The molecular formula is C12H18BrNO2. The van der Waals surface area contributed by atoms with E-state index in [1.165, 1.54) is 0 Å². The van der Waals surface area contributed by atoms with Gasteiger partial charge in [0.1, 0.15) is 0 Å². The van der Waals surface area contributed by atoms with E-state index in [4.69, 9.17) is 4.74 Å². The zero-order valence-corrected chi connectivity index (χ0v) is 11.7. The number of aromatic hydroxyl groups is 1. The lowest BCUT2D eigenvalue weighted by Gasteiger charge is -2.25. The maximum atomic E-state index is 9.72. The maximum absolute atomic E-state index is 9.72. The van der Waals surface area contributed by atoms with Crippen molar-refractivity contribution in [3.05, 3.63) is 22.2 Å². The highest BCUT2D eigenvalue weighted by Crippen LogP contribution is 2.33. The normalized spacial score (nSPS) is 11.6. The third-order valence-electron chi connectivity index (χ3n) is 2.66. The molecule has 0 heterocycles. The number of halogens is 1. The second kappa shape index (κ2) is 5.06. The van der Waals surface area contributed by atoms with Gasteiger partial charge in [-0.15, -0.1) is 0 Å². The molecule has 0 aliphatic heterocycles. The summed E-state index contributed by atoms with van der Waals surface area (Å²) in [5.41, 5.74) is 1.04. The van der Waals surface area contributed by atoms with E-state index in [0.717, 1.165) is 16.5 Å². The van der Waals surface area contributed by atoms with Crippen LogP contribution in [0.1, 0.15) is 19.4 Å². The second-order valence-electron chi connectivity index (χ2n) is 4.43. The van der Waals surface area contributed by atoms with Crippen molar-refractivity contribution in [3.8, 4) is 11.5 Å². The van der Waals surface area contributed by atoms with Gasteiger partial charge >= 0.3 is 0 Å². The van der Waals surface area contributed by atoms with Crippen LogP contribution in [-0.4, -0.2) is 24.8 Å². The third kappa shape index (κ3) is 3.12. The molecule has 0 spiro atoms. The second-order valence-corrected chi connectivity index (χ2v) is 5.28. The topological polar surface area (TPSA) is 41.5 Å². The lowest BCUT2D eigenvalue weighted by molar-refractivity contribution is 0.371. The molecule has 0 atom stereocenters. The summed E-state index contributed by atoms with van der Waals surface area (Å²) >= 11 is 3.49. The minimum Gasteiger partial charge on any atom is -0.504 e. The summed E-state index contributed by atoms with van der Waals surface area (Å²) in [7, 11) is 3.47. The Hall–Kier alpha value is -0.740. The number of ether oxygens (including phenoxy) is 1. The molecule has 3 nitrogen and oxygen atoms in total. The van der Waals surface area contributed by atoms with E-state index in [1.807, 2.05) is 7.05 Å². The first-order chi connectivity index (χ1) is 7.39. The Bertz CT molecular complexity index is 378. The molecule has 4 heteroatoms. The van der Waals surface area contributed by atoms with Crippen molar-refractivity contribution >= 4 is 15.9 Å². The van der Waals surface area contributed by atoms with Gasteiger partial charge < -0.3 is 15.2 Å². The van der Waals surface area contributed by atoms with Gasteiger partial charge in [0.2, 0.25) is 0 Å². The fourth-order valence-corrected chi connectivity index (χ4v) is 1.91. The Morgan fingerprint density at radius 3 is 2.56 bits per heavy atom. The van der Waals surface area contributed by atoms with Gasteiger partial charge in [-0.2, -0.15) is 0 Å². The highest BCUT2D eigenvalue weighted by atomic mass is 79.9. The van der Waals surface area contributed by atoms with Crippen LogP contribution < -0.4 is 10.1 Å². The van der Waals surface area contributed by atoms with Crippen LogP contribution in [-0.2, 0) is 6.42 Å². The maximum Gasteiger partial charge on any atom is 0.161 e. The molecule has 0 unspecified atom stereocenters. The number of likely N-dealkylation sites (N-methyl/N-ethyl adjacent to an activating group) is 1. The molecule has 0 aliphatic rings. The molecule has 0 saturated heterocycles. The number of rotatable bonds is 4. The third-order valence-corrected chi connectivity index (χ3v) is 3.40. The summed E-state index contributed by atoms with van der Waals surface area (Å²) in [6, 6.07) is 3.53. The highest BCUT2D eigenvalue weighted by Gasteiger charge is 2.18. The molecule has 0 fully saturated rings. The fourth-order valence-electron chi connectivity index (χ4n) is 1.45. The summed E-state index contributed by atoms with van der Waals surface area (Å²) in [6.07, 6.45) is 0.821. The molecule has 0 aromatic heterocycles. The Labute approximate surface area is 105 Å². The van der Waals surface area contributed by atoms with Gasteiger partial charge in [0.05, 0.1) is 7.11 Å². The molecule has 1 aromatic rings. The van der Waals surface area contributed by atoms with Crippen molar-refractivity contribution in [2.24, 2.45) is 0 Å². The van der Waals surface area contributed by atoms with Gasteiger partial charge in [-0.3, -0.25) is 0 Å².